The number of nitrogens with zero attached hydrogens (tertiary/aromatic N) is 3. The Morgan fingerprint density at radius 1 is 1.30 bits per heavy atom. The highest BCUT2D eigenvalue weighted by molar-refractivity contribution is 5.92. The van der Waals surface area contributed by atoms with Crippen LogP contribution in [-0.2, 0) is 11.3 Å². The normalized spacial score (nSPS) is 15.8. The van der Waals surface area contributed by atoms with E-state index in [1.807, 2.05) is 13.8 Å². The quantitative estimate of drug-likeness (QED) is 0.772. The Morgan fingerprint density at radius 3 is 2.81 bits per heavy atom. The maximum absolute atomic E-state index is 12.3. The maximum Gasteiger partial charge on any atom is 0.319 e. The van der Waals surface area contributed by atoms with Crippen molar-refractivity contribution in [3.05, 3.63) is 24.1 Å². The summed E-state index contributed by atoms with van der Waals surface area (Å²) in [7, 11) is 1.54. The molecule has 3 rings (SSSR count). The predicted molar refractivity (Wildman–Crippen MR) is 99.9 cm³/mol. The van der Waals surface area contributed by atoms with Crippen LogP contribution in [0.4, 0.5) is 10.5 Å². The van der Waals surface area contributed by atoms with Crippen molar-refractivity contribution in [1.29, 1.82) is 0 Å². The molecule has 0 saturated heterocycles. The molecule has 9 nitrogen and oxygen atoms in total. The largest absolute Gasteiger partial charge is 0.495 e. The molecule has 1 aliphatic heterocycles. The van der Waals surface area contributed by atoms with Crippen molar-refractivity contribution in [3.63, 3.8) is 0 Å². The van der Waals surface area contributed by atoms with E-state index in [2.05, 4.69) is 26.0 Å². The predicted octanol–water partition coefficient (Wildman–Crippen LogP) is 2.98. The third-order valence-corrected chi connectivity index (χ3v) is 4.16. The molecule has 0 radical (unpaired) electrons. The van der Waals surface area contributed by atoms with Crippen LogP contribution in [0.5, 0.6) is 5.75 Å². The SMILES string of the molecule is CCC1=NO[C@@H](CNC(=O)Nc2cc(-c3nnc(CC)o3)ccc2OC)C1. The number of amides is 2. The van der Waals surface area contributed by atoms with E-state index in [9.17, 15) is 4.79 Å². The molecule has 2 heterocycles. The van der Waals surface area contributed by atoms with Crippen LogP contribution >= 0.6 is 0 Å². The summed E-state index contributed by atoms with van der Waals surface area (Å²) in [5.41, 5.74) is 2.20. The summed E-state index contributed by atoms with van der Waals surface area (Å²) in [5.74, 6) is 1.47. The number of carbonyl (C=O) groups is 1. The van der Waals surface area contributed by atoms with E-state index in [1.165, 1.54) is 7.11 Å². The van der Waals surface area contributed by atoms with Gasteiger partial charge < -0.3 is 24.6 Å². The second-order valence-electron chi connectivity index (χ2n) is 6.05. The first-order valence-corrected chi connectivity index (χ1v) is 8.90. The number of hydrogen-bond donors (Lipinski definition) is 2. The topological polar surface area (TPSA) is 111 Å². The van der Waals surface area contributed by atoms with Gasteiger partial charge >= 0.3 is 6.03 Å². The molecular formula is C18H23N5O4. The number of aryl methyl sites for hydroxylation is 1. The third-order valence-electron chi connectivity index (χ3n) is 4.16. The van der Waals surface area contributed by atoms with Gasteiger partial charge in [0, 0.05) is 18.4 Å². The number of hydrogen-bond acceptors (Lipinski definition) is 7. The Labute approximate surface area is 157 Å². The Bertz CT molecular complexity index is 833. The van der Waals surface area contributed by atoms with Gasteiger partial charge in [-0.2, -0.15) is 0 Å². The minimum Gasteiger partial charge on any atom is -0.495 e. The smallest absolute Gasteiger partial charge is 0.319 e. The standard InChI is InChI=1S/C18H23N5O4/c1-4-12-9-13(27-23-12)10-19-18(24)20-14-8-11(6-7-15(14)25-3)17-22-21-16(5-2)26-17/h6-8,13H,4-5,9-10H2,1-3H3,(H2,19,20,24)/t13-/m1/s1. The monoisotopic (exact) mass is 373 g/mol. The summed E-state index contributed by atoms with van der Waals surface area (Å²) >= 11 is 0. The second kappa shape index (κ2) is 8.52. The molecular weight excluding hydrogens is 350 g/mol. The number of carbonyl (C=O) groups excluding carboxylic acids is 1. The minimum atomic E-state index is -0.362. The van der Waals surface area contributed by atoms with Crippen LogP contribution in [0.25, 0.3) is 11.5 Å². The molecule has 0 saturated carbocycles. The number of rotatable bonds is 7. The van der Waals surface area contributed by atoms with E-state index < -0.39 is 0 Å². The molecule has 9 heteroatoms. The molecule has 0 spiro atoms. The molecule has 0 fully saturated rings. The highest BCUT2D eigenvalue weighted by Crippen LogP contribution is 2.30. The van der Waals surface area contributed by atoms with Gasteiger partial charge in [0.1, 0.15) is 11.9 Å². The summed E-state index contributed by atoms with van der Waals surface area (Å²) in [5, 5.41) is 17.5. The summed E-state index contributed by atoms with van der Waals surface area (Å²) < 4.78 is 10.9. The number of urea groups is 1. The Kier molecular flexibility index (Phi) is 5.90. The van der Waals surface area contributed by atoms with Gasteiger partial charge in [-0.25, -0.2) is 4.79 Å². The van der Waals surface area contributed by atoms with E-state index in [4.69, 9.17) is 14.0 Å². The molecule has 0 bridgehead atoms. The van der Waals surface area contributed by atoms with Crippen molar-refractivity contribution in [1.82, 2.24) is 15.5 Å². The number of methoxy groups -OCH3 is 1. The zero-order valence-electron chi connectivity index (χ0n) is 15.6. The lowest BCUT2D eigenvalue weighted by Gasteiger charge is -2.13. The average molecular weight is 373 g/mol. The molecule has 2 amide bonds. The molecule has 1 aliphatic rings. The van der Waals surface area contributed by atoms with Gasteiger partial charge in [-0.15, -0.1) is 10.2 Å². The maximum atomic E-state index is 12.3. The number of aromatic nitrogens is 2. The number of anilines is 1. The van der Waals surface area contributed by atoms with Gasteiger partial charge in [0.25, 0.3) is 0 Å². The van der Waals surface area contributed by atoms with Crippen LogP contribution in [0.3, 0.4) is 0 Å². The van der Waals surface area contributed by atoms with Gasteiger partial charge in [0.15, 0.2) is 0 Å². The van der Waals surface area contributed by atoms with E-state index >= 15 is 0 Å². The number of benzene rings is 1. The lowest BCUT2D eigenvalue weighted by molar-refractivity contribution is 0.0870. The fourth-order valence-corrected chi connectivity index (χ4v) is 2.63. The lowest BCUT2D eigenvalue weighted by atomic mass is 10.1. The van der Waals surface area contributed by atoms with Crippen LogP contribution in [0, 0.1) is 0 Å². The van der Waals surface area contributed by atoms with E-state index in [0.29, 0.717) is 41.7 Å². The van der Waals surface area contributed by atoms with Gasteiger partial charge in [0.05, 0.1) is 25.1 Å². The average Bonchev–Trinajstić information content (AvgIpc) is 3.35. The van der Waals surface area contributed by atoms with Crippen molar-refractivity contribution in [2.24, 2.45) is 5.16 Å². The molecule has 0 aliphatic carbocycles. The van der Waals surface area contributed by atoms with Crippen molar-refractivity contribution in [3.8, 4) is 17.2 Å². The Morgan fingerprint density at radius 2 is 2.15 bits per heavy atom. The third kappa shape index (κ3) is 4.55. The minimum absolute atomic E-state index is 0.134. The van der Waals surface area contributed by atoms with Crippen molar-refractivity contribution in [2.45, 2.75) is 39.2 Å². The summed E-state index contributed by atoms with van der Waals surface area (Å²) in [6, 6.07) is 4.90. The first kappa shape index (κ1) is 18.7. The van der Waals surface area contributed by atoms with Gasteiger partial charge in [-0.3, -0.25) is 0 Å². The highest BCUT2D eigenvalue weighted by atomic mass is 16.6. The van der Waals surface area contributed by atoms with Gasteiger partial charge in [-0.1, -0.05) is 19.0 Å². The number of nitrogens with one attached hydrogen (secondary N) is 2. The highest BCUT2D eigenvalue weighted by Gasteiger charge is 2.20. The van der Waals surface area contributed by atoms with Crippen LogP contribution in [-0.4, -0.2) is 41.7 Å². The summed E-state index contributed by atoms with van der Waals surface area (Å²) in [6.07, 6.45) is 2.10. The van der Waals surface area contributed by atoms with Crippen molar-refractivity contribution >= 4 is 17.4 Å². The molecule has 1 aromatic heterocycles. The zero-order valence-corrected chi connectivity index (χ0v) is 15.6. The molecule has 2 aromatic rings. The molecule has 27 heavy (non-hydrogen) atoms. The first-order valence-electron chi connectivity index (χ1n) is 8.90. The number of oxime groups is 1. The lowest BCUT2D eigenvalue weighted by Crippen LogP contribution is -2.35. The van der Waals surface area contributed by atoms with E-state index in [0.717, 1.165) is 18.6 Å². The van der Waals surface area contributed by atoms with Crippen molar-refractivity contribution < 1.29 is 18.8 Å². The van der Waals surface area contributed by atoms with Gasteiger partial charge in [0.2, 0.25) is 11.8 Å². The van der Waals surface area contributed by atoms with Crippen LogP contribution in [0.2, 0.25) is 0 Å². The molecule has 144 valence electrons. The van der Waals surface area contributed by atoms with E-state index in [1.54, 1.807) is 18.2 Å². The van der Waals surface area contributed by atoms with E-state index in [-0.39, 0.29) is 12.1 Å². The summed E-state index contributed by atoms with van der Waals surface area (Å²) in [4.78, 5) is 17.5. The summed E-state index contributed by atoms with van der Waals surface area (Å²) in [6.45, 7) is 4.33. The van der Waals surface area contributed by atoms with Crippen molar-refractivity contribution in [2.75, 3.05) is 19.0 Å². The second-order valence-corrected chi connectivity index (χ2v) is 6.05. The fraction of sp³-hybridized carbons (Fsp3) is 0.444. The molecule has 1 aromatic carbocycles. The zero-order chi connectivity index (χ0) is 19.2. The Hall–Kier alpha value is -3.10. The van der Waals surface area contributed by atoms with Crippen LogP contribution in [0.1, 0.15) is 32.6 Å². The molecule has 1 atom stereocenters. The van der Waals surface area contributed by atoms with Gasteiger partial charge in [-0.05, 0) is 24.6 Å². The fourth-order valence-electron chi connectivity index (χ4n) is 2.63. The van der Waals surface area contributed by atoms with Crippen LogP contribution in [0.15, 0.2) is 27.8 Å². The first-order chi connectivity index (χ1) is 13.1. The Balaban J connectivity index is 1.64. The molecule has 0 unspecified atom stereocenters. The number of ether oxygens (including phenoxy) is 1. The van der Waals surface area contributed by atoms with Crippen LogP contribution < -0.4 is 15.4 Å². The molecule has 2 N–H and O–H groups in total.